The van der Waals surface area contributed by atoms with Crippen LogP contribution in [0.3, 0.4) is 0 Å². The standard InChI is InChI=1S/C14H27NO/c1-13(2,3)11-6-8-14(10-16,9-7-11)15-12-4-5-12/h11-12,15-16H,4-10H2,1-3H3. The highest BCUT2D eigenvalue weighted by atomic mass is 16.3. The van der Waals surface area contributed by atoms with Crippen LogP contribution in [0.2, 0.25) is 0 Å². The molecule has 2 aliphatic carbocycles. The van der Waals surface area contributed by atoms with Gasteiger partial charge in [0.15, 0.2) is 0 Å². The Hall–Kier alpha value is -0.0800. The first-order chi connectivity index (χ1) is 7.45. The lowest BCUT2D eigenvalue weighted by Crippen LogP contribution is -2.52. The van der Waals surface area contributed by atoms with Crippen LogP contribution in [0.4, 0.5) is 0 Å². The lowest BCUT2D eigenvalue weighted by atomic mass is 9.67. The molecule has 0 amide bonds. The summed E-state index contributed by atoms with van der Waals surface area (Å²) in [5, 5.41) is 13.3. The molecule has 2 saturated carbocycles. The predicted molar refractivity (Wildman–Crippen MR) is 67.4 cm³/mol. The second kappa shape index (κ2) is 4.30. The molecule has 2 heteroatoms. The van der Waals surface area contributed by atoms with Gasteiger partial charge in [-0.05, 0) is 49.9 Å². The van der Waals surface area contributed by atoms with Gasteiger partial charge in [0.05, 0.1) is 6.61 Å². The van der Waals surface area contributed by atoms with Gasteiger partial charge in [0.2, 0.25) is 0 Å². The van der Waals surface area contributed by atoms with Crippen LogP contribution in [0, 0.1) is 11.3 Å². The highest BCUT2D eigenvalue weighted by Crippen LogP contribution is 2.42. The van der Waals surface area contributed by atoms with E-state index in [9.17, 15) is 5.11 Å². The van der Waals surface area contributed by atoms with Crippen molar-refractivity contribution in [3.63, 3.8) is 0 Å². The van der Waals surface area contributed by atoms with Gasteiger partial charge in [0.1, 0.15) is 0 Å². The third-order valence-electron chi connectivity index (χ3n) is 4.56. The summed E-state index contributed by atoms with van der Waals surface area (Å²) in [6.07, 6.45) is 7.46. The zero-order chi connectivity index (χ0) is 11.8. The SMILES string of the molecule is CC(C)(C)C1CCC(CO)(NC2CC2)CC1. The van der Waals surface area contributed by atoms with E-state index in [1.54, 1.807) is 0 Å². The van der Waals surface area contributed by atoms with Crippen LogP contribution in [0.15, 0.2) is 0 Å². The third-order valence-corrected chi connectivity index (χ3v) is 4.56. The minimum Gasteiger partial charge on any atom is -0.394 e. The lowest BCUT2D eigenvalue weighted by molar-refractivity contribution is 0.0679. The fraction of sp³-hybridized carbons (Fsp3) is 1.00. The molecule has 2 fully saturated rings. The predicted octanol–water partition coefficient (Wildman–Crippen LogP) is 2.71. The largest absolute Gasteiger partial charge is 0.394 e. The van der Waals surface area contributed by atoms with E-state index in [0.29, 0.717) is 18.1 Å². The maximum atomic E-state index is 9.64. The number of hydrogen-bond acceptors (Lipinski definition) is 2. The molecule has 16 heavy (non-hydrogen) atoms. The van der Waals surface area contributed by atoms with E-state index in [-0.39, 0.29) is 5.54 Å². The normalized spacial score (nSPS) is 36.4. The van der Waals surface area contributed by atoms with E-state index in [2.05, 4.69) is 26.1 Å². The van der Waals surface area contributed by atoms with Gasteiger partial charge in [-0.15, -0.1) is 0 Å². The molecule has 0 aromatic heterocycles. The molecule has 0 aromatic rings. The Morgan fingerprint density at radius 3 is 2.06 bits per heavy atom. The second-order valence-electron chi connectivity index (χ2n) is 7.00. The van der Waals surface area contributed by atoms with Crippen molar-refractivity contribution in [2.75, 3.05) is 6.61 Å². The fourth-order valence-corrected chi connectivity index (χ4v) is 3.05. The van der Waals surface area contributed by atoms with Gasteiger partial charge in [0.25, 0.3) is 0 Å². The molecule has 0 saturated heterocycles. The Balaban J connectivity index is 1.90. The fourth-order valence-electron chi connectivity index (χ4n) is 3.05. The summed E-state index contributed by atoms with van der Waals surface area (Å²) in [4.78, 5) is 0. The van der Waals surface area contributed by atoms with Gasteiger partial charge >= 0.3 is 0 Å². The molecular weight excluding hydrogens is 198 g/mol. The second-order valence-corrected chi connectivity index (χ2v) is 7.00. The topological polar surface area (TPSA) is 32.3 Å². The Bertz CT molecular complexity index is 232. The first-order valence-corrected chi connectivity index (χ1v) is 6.84. The molecule has 0 bridgehead atoms. The Morgan fingerprint density at radius 2 is 1.69 bits per heavy atom. The van der Waals surface area contributed by atoms with Crippen LogP contribution in [0.25, 0.3) is 0 Å². The van der Waals surface area contributed by atoms with E-state index in [1.165, 1.54) is 25.7 Å². The zero-order valence-corrected chi connectivity index (χ0v) is 11.1. The highest BCUT2D eigenvalue weighted by molar-refractivity contribution is 4.99. The van der Waals surface area contributed by atoms with Crippen molar-refractivity contribution in [3.8, 4) is 0 Å². The Labute approximate surface area is 99.8 Å². The molecule has 0 aliphatic heterocycles. The Morgan fingerprint density at radius 1 is 1.12 bits per heavy atom. The monoisotopic (exact) mass is 225 g/mol. The van der Waals surface area contributed by atoms with Crippen molar-refractivity contribution in [2.24, 2.45) is 11.3 Å². The third kappa shape index (κ3) is 2.78. The summed E-state index contributed by atoms with van der Waals surface area (Å²) in [6, 6.07) is 0.707. The molecule has 0 atom stereocenters. The quantitative estimate of drug-likeness (QED) is 0.774. The smallest absolute Gasteiger partial charge is 0.0613 e. The average molecular weight is 225 g/mol. The first-order valence-electron chi connectivity index (χ1n) is 6.84. The number of aliphatic hydroxyl groups is 1. The van der Waals surface area contributed by atoms with Gasteiger partial charge in [-0.25, -0.2) is 0 Å². The molecule has 0 spiro atoms. The van der Waals surface area contributed by atoms with E-state index < -0.39 is 0 Å². The van der Waals surface area contributed by atoms with Gasteiger partial charge in [-0.1, -0.05) is 20.8 Å². The van der Waals surface area contributed by atoms with Crippen LogP contribution >= 0.6 is 0 Å². The molecule has 0 heterocycles. The maximum Gasteiger partial charge on any atom is 0.0613 e. The molecule has 2 nitrogen and oxygen atoms in total. The average Bonchev–Trinajstić information content (AvgIpc) is 3.01. The summed E-state index contributed by atoms with van der Waals surface area (Å²) in [6.45, 7) is 7.36. The molecule has 94 valence electrons. The lowest BCUT2D eigenvalue weighted by Gasteiger charge is -2.44. The van der Waals surface area contributed by atoms with Crippen molar-refractivity contribution in [1.29, 1.82) is 0 Å². The summed E-state index contributed by atoms with van der Waals surface area (Å²) < 4.78 is 0. The first kappa shape index (κ1) is 12.4. The molecule has 0 unspecified atom stereocenters. The molecular formula is C14H27NO. The Kier molecular flexibility index (Phi) is 3.33. The van der Waals surface area contributed by atoms with Gasteiger partial charge < -0.3 is 10.4 Å². The van der Waals surface area contributed by atoms with Crippen molar-refractivity contribution in [1.82, 2.24) is 5.32 Å². The van der Waals surface area contributed by atoms with Gasteiger partial charge in [-0.2, -0.15) is 0 Å². The number of nitrogens with one attached hydrogen (secondary N) is 1. The van der Waals surface area contributed by atoms with E-state index in [0.717, 1.165) is 18.8 Å². The van der Waals surface area contributed by atoms with Crippen LogP contribution in [-0.2, 0) is 0 Å². The molecule has 2 rings (SSSR count). The number of rotatable bonds is 3. The number of aliphatic hydroxyl groups excluding tert-OH is 1. The molecule has 0 radical (unpaired) electrons. The highest BCUT2D eigenvalue weighted by Gasteiger charge is 2.41. The summed E-state index contributed by atoms with van der Waals surface area (Å²) in [7, 11) is 0. The van der Waals surface area contributed by atoms with Crippen molar-refractivity contribution < 1.29 is 5.11 Å². The van der Waals surface area contributed by atoms with Gasteiger partial charge in [0, 0.05) is 11.6 Å². The molecule has 0 aromatic carbocycles. The minimum atomic E-state index is 0.0584. The van der Waals surface area contributed by atoms with Crippen molar-refractivity contribution >= 4 is 0 Å². The van der Waals surface area contributed by atoms with Crippen LogP contribution < -0.4 is 5.32 Å². The van der Waals surface area contributed by atoms with E-state index in [1.807, 2.05) is 0 Å². The number of hydrogen-bond donors (Lipinski definition) is 2. The van der Waals surface area contributed by atoms with Crippen LogP contribution in [0.1, 0.15) is 59.3 Å². The minimum absolute atomic E-state index is 0.0584. The van der Waals surface area contributed by atoms with Crippen LogP contribution in [-0.4, -0.2) is 23.3 Å². The zero-order valence-electron chi connectivity index (χ0n) is 11.1. The van der Waals surface area contributed by atoms with E-state index >= 15 is 0 Å². The molecule has 2 aliphatic rings. The van der Waals surface area contributed by atoms with E-state index in [4.69, 9.17) is 0 Å². The van der Waals surface area contributed by atoms with Crippen LogP contribution in [0.5, 0.6) is 0 Å². The summed E-state index contributed by atoms with van der Waals surface area (Å²) in [5.74, 6) is 0.827. The maximum absolute atomic E-state index is 9.64. The summed E-state index contributed by atoms with van der Waals surface area (Å²) in [5.41, 5.74) is 0.490. The molecule has 2 N–H and O–H groups in total. The summed E-state index contributed by atoms with van der Waals surface area (Å²) >= 11 is 0. The van der Waals surface area contributed by atoms with Crippen molar-refractivity contribution in [3.05, 3.63) is 0 Å². The van der Waals surface area contributed by atoms with Gasteiger partial charge in [-0.3, -0.25) is 0 Å². The van der Waals surface area contributed by atoms with Crippen molar-refractivity contribution in [2.45, 2.75) is 70.9 Å².